The van der Waals surface area contributed by atoms with Gasteiger partial charge in [0.15, 0.2) is 5.82 Å². The van der Waals surface area contributed by atoms with E-state index in [0.29, 0.717) is 35.4 Å². The molecule has 0 saturated carbocycles. The summed E-state index contributed by atoms with van der Waals surface area (Å²) >= 11 is 0. The normalized spacial score (nSPS) is 15.5. The third kappa shape index (κ3) is 5.65. The first-order valence-corrected chi connectivity index (χ1v) is 11.2. The van der Waals surface area contributed by atoms with E-state index in [1.165, 1.54) is 0 Å². The monoisotopic (exact) mass is 452 g/mol. The summed E-state index contributed by atoms with van der Waals surface area (Å²) < 4.78 is 5.32. The molecule has 3 aromatic heterocycles. The van der Waals surface area contributed by atoms with Crippen LogP contribution in [-0.4, -0.2) is 70.5 Å². The molecule has 10 heteroatoms. The number of nitrogens with one attached hydrogen (secondary N) is 3. The fraction of sp³-hybridized carbons (Fsp3) is 0.478. The van der Waals surface area contributed by atoms with Crippen LogP contribution in [0.2, 0.25) is 0 Å². The number of fused-ring (bicyclic) bond motifs is 1. The molecule has 1 saturated heterocycles. The van der Waals surface area contributed by atoms with Crippen LogP contribution in [0.15, 0.2) is 30.6 Å². The number of aromatic nitrogens is 4. The Morgan fingerprint density at radius 3 is 2.64 bits per heavy atom. The van der Waals surface area contributed by atoms with Crippen molar-refractivity contribution in [2.75, 3.05) is 55.4 Å². The molecule has 0 amide bonds. The second-order valence-electron chi connectivity index (χ2n) is 8.91. The molecule has 10 nitrogen and oxygen atoms in total. The molecule has 0 bridgehead atoms. The largest absolute Gasteiger partial charge is 0.387 e. The van der Waals surface area contributed by atoms with Crippen molar-refractivity contribution in [1.82, 2.24) is 25.3 Å². The van der Waals surface area contributed by atoms with Crippen LogP contribution in [0, 0.1) is 0 Å². The minimum atomic E-state index is -0.711. The van der Waals surface area contributed by atoms with Gasteiger partial charge in [0.25, 0.3) is 0 Å². The molecule has 0 radical (unpaired) electrons. The maximum absolute atomic E-state index is 10.1. The molecule has 1 aliphatic rings. The number of anilines is 4. The number of ether oxygens (including phenoxy) is 1. The average molecular weight is 453 g/mol. The van der Waals surface area contributed by atoms with Gasteiger partial charge >= 0.3 is 0 Å². The number of piperazine rings is 1. The molecule has 4 N–H and O–H groups in total. The summed E-state index contributed by atoms with van der Waals surface area (Å²) in [5.74, 6) is 1.65. The van der Waals surface area contributed by atoms with Gasteiger partial charge in [-0.15, -0.1) is 0 Å². The molecule has 1 aliphatic heterocycles. The van der Waals surface area contributed by atoms with Crippen molar-refractivity contribution in [2.45, 2.75) is 32.4 Å². The Balaban J connectivity index is 1.61. The predicted molar refractivity (Wildman–Crippen MR) is 130 cm³/mol. The lowest BCUT2D eigenvalue weighted by Crippen LogP contribution is -2.43. The van der Waals surface area contributed by atoms with Crippen molar-refractivity contribution in [3.05, 3.63) is 36.3 Å². The standard InChI is InChI=1S/C23H32N8O2/c1-15(32)18-11-16-12-26-22(29-20(16)21(27-18)30-23(2,3)14-33-4)28-19-6-5-17(13-25-19)31-9-7-24-8-10-31/h5-6,11-13,15,24,32H,7-10,14H2,1-4H3,(H,27,30)(H,25,26,28,29)/t15-/m1/s1. The highest BCUT2D eigenvalue weighted by Crippen LogP contribution is 2.27. The first-order chi connectivity index (χ1) is 15.8. The molecule has 4 rings (SSSR count). The van der Waals surface area contributed by atoms with Crippen LogP contribution in [-0.2, 0) is 4.74 Å². The third-order valence-electron chi connectivity index (χ3n) is 5.45. The van der Waals surface area contributed by atoms with Gasteiger partial charge < -0.3 is 30.7 Å². The zero-order valence-electron chi connectivity index (χ0n) is 19.6. The van der Waals surface area contributed by atoms with Gasteiger partial charge in [-0.05, 0) is 39.0 Å². The zero-order chi connectivity index (χ0) is 23.4. The quantitative estimate of drug-likeness (QED) is 0.406. The van der Waals surface area contributed by atoms with Crippen LogP contribution in [0.4, 0.5) is 23.3 Å². The van der Waals surface area contributed by atoms with Crippen LogP contribution in [0.3, 0.4) is 0 Å². The lowest BCUT2D eigenvalue weighted by molar-refractivity contribution is 0.158. The van der Waals surface area contributed by atoms with Crippen molar-refractivity contribution in [3.8, 4) is 0 Å². The highest BCUT2D eigenvalue weighted by Gasteiger charge is 2.21. The van der Waals surface area contributed by atoms with E-state index in [2.05, 4.69) is 41.9 Å². The number of hydrogen-bond donors (Lipinski definition) is 4. The van der Waals surface area contributed by atoms with Crippen molar-refractivity contribution < 1.29 is 9.84 Å². The fourth-order valence-electron chi connectivity index (χ4n) is 3.82. The second-order valence-corrected chi connectivity index (χ2v) is 8.91. The van der Waals surface area contributed by atoms with E-state index in [1.807, 2.05) is 26.1 Å². The molecule has 1 atom stereocenters. The fourth-order valence-corrected chi connectivity index (χ4v) is 3.82. The van der Waals surface area contributed by atoms with Gasteiger partial charge in [-0.3, -0.25) is 0 Å². The second kappa shape index (κ2) is 9.82. The Kier molecular flexibility index (Phi) is 6.87. The van der Waals surface area contributed by atoms with Gasteiger partial charge in [-0.1, -0.05) is 0 Å². The summed E-state index contributed by atoms with van der Waals surface area (Å²) in [6.07, 6.45) is 2.88. The number of aliphatic hydroxyl groups is 1. The topological polar surface area (TPSA) is 120 Å². The Labute approximate surface area is 193 Å². The number of pyridine rings is 2. The van der Waals surface area contributed by atoms with Crippen LogP contribution < -0.4 is 20.9 Å². The first-order valence-electron chi connectivity index (χ1n) is 11.2. The minimum absolute atomic E-state index is 0.383. The number of methoxy groups -OCH3 is 1. The third-order valence-corrected chi connectivity index (χ3v) is 5.45. The molecule has 3 aromatic rings. The molecule has 0 unspecified atom stereocenters. The highest BCUT2D eigenvalue weighted by atomic mass is 16.5. The molecule has 4 heterocycles. The van der Waals surface area contributed by atoms with Crippen molar-refractivity contribution >= 4 is 34.2 Å². The Hall–Kier alpha value is -3.08. The van der Waals surface area contributed by atoms with Crippen LogP contribution >= 0.6 is 0 Å². The molecule has 0 aliphatic carbocycles. The van der Waals surface area contributed by atoms with E-state index in [4.69, 9.17) is 9.72 Å². The number of nitrogens with zero attached hydrogens (tertiary/aromatic N) is 5. The smallest absolute Gasteiger partial charge is 0.229 e. The molecule has 0 spiro atoms. The Bertz CT molecular complexity index is 1080. The van der Waals surface area contributed by atoms with E-state index in [0.717, 1.165) is 37.3 Å². The van der Waals surface area contributed by atoms with Crippen molar-refractivity contribution in [2.24, 2.45) is 0 Å². The maximum Gasteiger partial charge on any atom is 0.229 e. The van der Waals surface area contributed by atoms with Gasteiger partial charge in [0.2, 0.25) is 5.95 Å². The van der Waals surface area contributed by atoms with Gasteiger partial charge in [-0.25, -0.2) is 19.9 Å². The summed E-state index contributed by atoms with van der Waals surface area (Å²) in [6.45, 7) is 10.1. The van der Waals surface area contributed by atoms with E-state index in [1.54, 1.807) is 26.3 Å². The van der Waals surface area contributed by atoms with Gasteiger partial charge in [0, 0.05) is 44.9 Å². The molecule has 33 heavy (non-hydrogen) atoms. The Morgan fingerprint density at radius 2 is 1.97 bits per heavy atom. The summed E-state index contributed by atoms with van der Waals surface area (Å²) in [6, 6.07) is 5.79. The highest BCUT2D eigenvalue weighted by molar-refractivity contribution is 5.89. The summed E-state index contributed by atoms with van der Waals surface area (Å²) in [4.78, 5) is 20.6. The van der Waals surface area contributed by atoms with E-state index < -0.39 is 6.10 Å². The summed E-state index contributed by atoms with van der Waals surface area (Å²) in [7, 11) is 1.66. The van der Waals surface area contributed by atoms with Gasteiger partial charge in [-0.2, -0.15) is 0 Å². The summed E-state index contributed by atoms with van der Waals surface area (Å²) in [5.41, 5.74) is 1.92. The number of hydrogen-bond acceptors (Lipinski definition) is 10. The molecule has 0 aromatic carbocycles. The Morgan fingerprint density at radius 1 is 1.18 bits per heavy atom. The molecular weight excluding hydrogens is 420 g/mol. The maximum atomic E-state index is 10.1. The van der Waals surface area contributed by atoms with E-state index >= 15 is 0 Å². The van der Waals surface area contributed by atoms with Crippen LogP contribution in [0.1, 0.15) is 32.6 Å². The molecule has 176 valence electrons. The van der Waals surface area contributed by atoms with Crippen molar-refractivity contribution in [3.63, 3.8) is 0 Å². The minimum Gasteiger partial charge on any atom is -0.387 e. The summed E-state index contributed by atoms with van der Waals surface area (Å²) in [5, 5.41) is 20.8. The van der Waals surface area contributed by atoms with E-state index in [9.17, 15) is 5.11 Å². The van der Waals surface area contributed by atoms with Crippen LogP contribution in [0.25, 0.3) is 10.9 Å². The molecular formula is C23H32N8O2. The van der Waals surface area contributed by atoms with Crippen LogP contribution in [0.5, 0.6) is 0 Å². The SMILES string of the molecule is COCC(C)(C)Nc1nc([C@@H](C)O)cc2cnc(Nc3ccc(N4CCNCC4)cn3)nc12. The van der Waals surface area contributed by atoms with E-state index in [-0.39, 0.29) is 5.54 Å². The first kappa shape index (κ1) is 23.1. The lowest BCUT2D eigenvalue weighted by Gasteiger charge is -2.29. The van der Waals surface area contributed by atoms with Gasteiger partial charge in [0.05, 0.1) is 35.8 Å². The average Bonchev–Trinajstić information content (AvgIpc) is 2.80. The number of rotatable bonds is 8. The number of aliphatic hydroxyl groups excluding tert-OH is 1. The lowest BCUT2D eigenvalue weighted by atomic mass is 10.1. The molecule has 1 fully saturated rings. The van der Waals surface area contributed by atoms with Gasteiger partial charge in [0.1, 0.15) is 11.3 Å². The zero-order valence-corrected chi connectivity index (χ0v) is 19.6. The predicted octanol–water partition coefficient (Wildman–Crippen LogP) is 2.46. The van der Waals surface area contributed by atoms with Crippen molar-refractivity contribution in [1.29, 1.82) is 0 Å².